The maximum absolute atomic E-state index is 6.61. The van der Waals surface area contributed by atoms with Gasteiger partial charge in [-0.3, -0.25) is 0 Å². The van der Waals surface area contributed by atoms with E-state index >= 15 is 0 Å². The maximum atomic E-state index is 6.61. The Hall–Kier alpha value is 0.0500. The normalized spacial score (nSPS) is 37.5. The van der Waals surface area contributed by atoms with Gasteiger partial charge in [-0.05, 0) is 74.0 Å². The second-order valence-corrected chi connectivity index (χ2v) is 9.06. The van der Waals surface area contributed by atoms with E-state index < -0.39 is 0 Å². The number of hydrogen-bond donors (Lipinski definition) is 1. The van der Waals surface area contributed by atoms with Gasteiger partial charge < -0.3 is 5.32 Å². The number of halogens is 3. The van der Waals surface area contributed by atoms with E-state index in [0.717, 1.165) is 29.9 Å². The zero-order valence-corrected chi connectivity index (χ0v) is 14.9. The summed E-state index contributed by atoms with van der Waals surface area (Å²) in [6, 6.07) is 5.70. The van der Waals surface area contributed by atoms with Crippen molar-refractivity contribution in [3.8, 4) is 0 Å². The van der Waals surface area contributed by atoms with Crippen molar-refractivity contribution in [3.05, 3.63) is 33.8 Å². The monoisotopic (exact) mass is 357 g/mol. The molecular formula is C18H22Cl3N. The van der Waals surface area contributed by atoms with Crippen LogP contribution in [0.4, 0.5) is 0 Å². The van der Waals surface area contributed by atoms with Crippen LogP contribution in [0.1, 0.15) is 49.5 Å². The Bertz CT molecular complexity index is 536. The minimum Gasteiger partial charge on any atom is -0.309 e. The largest absolute Gasteiger partial charge is 0.309 e. The summed E-state index contributed by atoms with van der Waals surface area (Å²) < 4.78 is 0. The molecule has 1 N–H and O–H groups in total. The van der Waals surface area contributed by atoms with Crippen LogP contribution < -0.4 is 5.32 Å². The zero-order valence-electron chi connectivity index (χ0n) is 12.6. The number of nitrogens with one attached hydrogen (secondary N) is 1. The third-order valence-electron chi connectivity index (χ3n) is 6.00. The number of alkyl halides is 1. The highest BCUT2D eigenvalue weighted by Gasteiger charge is 2.50. The Labute approximate surface area is 147 Å². The van der Waals surface area contributed by atoms with Gasteiger partial charge in [0.2, 0.25) is 0 Å². The van der Waals surface area contributed by atoms with Crippen LogP contribution in [0.3, 0.4) is 0 Å². The molecular weight excluding hydrogens is 337 g/mol. The molecule has 1 nitrogen and oxygen atoms in total. The molecule has 4 heteroatoms. The molecule has 1 atom stereocenters. The molecule has 1 unspecified atom stereocenters. The number of rotatable bonds is 4. The molecule has 0 radical (unpaired) electrons. The van der Waals surface area contributed by atoms with E-state index in [4.69, 9.17) is 34.8 Å². The van der Waals surface area contributed by atoms with Crippen LogP contribution in [-0.4, -0.2) is 12.1 Å². The van der Waals surface area contributed by atoms with E-state index in [0.29, 0.717) is 15.6 Å². The smallest absolute Gasteiger partial charge is 0.0710 e. The zero-order chi connectivity index (χ0) is 15.3. The number of benzene rings is 1. The van der Waals surface area contributed by atoms with Crippen molar-refractivity contribution in [1.82, 2.24) is 5.32 Å². The molecule has 1 aromatic carbocycles. The summed E-state index contributed by atoms with van der Waals surface area (Å²) in [6.07, 6.45) is 8.46. The number of hydrogen-bond acceptors (Lipinski definition) is 1. The molecule has 1 aromatic rings. The second kappa shape index (κ2) is 5.84. The molecule has 4 aliphatic rings. The van der Waals surface area contributed by atoms with Crippen molar-refractivity contribution in [2.75, 3.05) is 6.54 Å². The summed E-state index contributed by atoms with van der Waals surface area (Å²) in [5, 5.41) is 4.97. The third kappa shape index (κ3) is 2.90. The molecule has 4 bridgehead atoms. The lowest BCUT2D eigenvalue weighted by Crippen LogP contribution is -2.58. The topological polar surface area (TPSA) is 12.0 Å². The summed E-state index contributed by atoms with van der Waals surface area (Å²) in [5.74, 6) is 2.87. The molecule has 5 rings (SSSR count). The van der Waals surface area contributed by atoms with Crippen LogP contribution in [0, 0.1) is 17.8 Å². The SMILES string of the molecule is Clc1ccc(C(Cl)CNC23CC4CC(CC(C4)C2)C3)cc1Cl. The molecule has 120 valence electrons. The van der Waals surface area contributed by atoms with Gasteiger partial charge in [-0.25, -0.2) is 0 Å². The van der Waals surface area contributed by atoms with E-state index in [1.807, 2.05) is 18.2 Å². The Morgan fingerprint density at radius 3 is 2.14 bits per heavy atom. The minimum absolute atomic E-state index is 0.0530. The van der Waals surface area contributed by atoms with Crippen LogP contribution in [-0.2, 0) is 0 Å². The average molecular weight is 359 g/mol. The quantitative estimate of drug-likeness (QED) is 0.667. The first-order chi connectivity index (χ1) is 10.5. The fourth-order valence-corrected chi connectivity index (χ4v) is 5.98. The van der Waals surface area contributed by atoms with E-state index in [9.17, 15) is 0 Å². The van der Waals surface area contributed by atoms with Gasteiger partial charge in [0.15, 0.2) is 0 Å². The molecule has 0 saturated heterocycles. The van der Waals surface area contributed by atoms with E-state index in [1.54, 1.807) is 0 Å². The molecule has 4 fully saturated rings. The maximum Gasteiger partial charge on any atom is 0.0710 e. The summed E-state index contributed by atoms with van der Waals surface area (Å²) in [4.78, 5) is 0. The standard InChI is InChI=1S/C18H22Cl3N/c19-15-2-1-14(6-16(15)20)17(21)10-22-18-7-11-3-12(8-18)5-13(4-11)9-18/h1-2,6,11-13,17,22H,3-5,7-10H2. The molecule has 0 aromatic heterocycles. The minimum atomic E-state index is -0.0530. The van der Waals surface area contributed by atoms with Gasteiger partial charge in [-0.15, -0.1) is 11.6 Å². The molecule has 4 aliphatic carbocycles. The first-order valence-corrected chi connectivity index (χ1v) is 9.56. The molecule has 0 spiro atoms. The van der Waals surface area contributed by atoms with Crippen LogP contribution in [0.5, 0.6) is 0 Å². The Balaban J connectivity index is 1.42. The molecule has 0 heterocycles. The highest BCUT2D eigenvalue weighted by Crippen LogP contribution is 2.55. The van der Waals surface area contributed by atoms with Crippen molar-refractivity contribution >= 4 is 34.8 Å². The second-order valence-electron chi connectivity index (χ2n) is 7.72. The molecule has 4 saturated carbocycles. The third-order valence-corrected chi connectivity index (χ3v) is 7.15. The van der Waals surface area contributed by atoms with Crippen molar-refractivity contribution in [2.45, 2.75) is 49.4 Å². The fourth-order valence-electron chi connectivity index (χ4n) is 5.46. The van der Waals surface area contributed by atoms with Crippen LogP contribution >= 0.6 is 34.8 Å². The van der Waals surface area contributed by atoms with Gasteiger partial charge in [-0.1, -0.05) is 29.3 Å². The van der Waals surface area contributed by atoms with Crippen molar-refractivity contribution in [2.24, 2.45) is 17.8 Å². The lowest BCUT2D eigenvalue weighted by Gasteiger charge is -2.57. The average Bonchev–Trinajstić information content (AvgIpc) is 2.46. The van der Waals surface area contributed by atoms with Crippen LogP contribution in [0.15, 0.2) is 18.2 Å². The Morgan fingerprint density at radius 2 is 1.59 bits per heavy atom. The van der Waals surface area contributed by atoms with Crippen molar-refractivity contribution in [3.63, 3.8) is 0 Å². The molecule has 22 heavy (non-hydrogen) atoms. The first-order valence-electron chi connectivity index (χ1n) is 8.37. The van der Waals surface area contributed by atoms with Gasteiger partial charge in [0.05, 0.1) is 15.4 Å². The Kier molecular flexibility index (Phi) is 4.14. The van der Waals surface area contributed by atoms with E-state index in [2.05, 4.69) is 5.32 Å². The van der Waals surface area contributed by atoms with Gasteiger partial charge in [0.1, 0.15) is 0 Å². The first kappa shape index (κ1) is 15.6. The van der Waals surface area contributed by atoms with Crippen LogP contribution in [0.25, 0.3) is 0 Å². The highest BCUT2D eigenvalue weighted by atomic mass is 35.5. The van der Waals surface area contributed by atoms with Crippen LogP contribution in [0.2, 0.25) is 10.0 Å². The summed E-state index contributed by atoms with van der Waals surface area (Å²) in [5.41, 5.74) is 1.41. The Morgan fingerprint density at radius 1 is 1.00 bits per heavy atom. The van der Waals surface area contributed by atoms with E-state index in [1.165, 1.54) is 38.5 Å². The van der Waals surface area contributed by atoms with Gasteiger partial charge in [-0.2, -0.15) is 0 Å². The van der Waals surface area contributed by atoms with Gasteiger partial charge in [0, 0.05) is 12.1 Å². The molecule has 0 aliphatic heterocycles. The van der Waals surface area contributed by atoms with Gasteiger partial charge >= 0.3 is 0 Å². The predicted molar refractivity (Wildman–Crippen MR) is 94.0 cm³/mol. The summed E-state index contributed by atoms with van der Waals surface area (Å²) in [6.45, 7) is 0.811. The lowest BCUT2D eigenvalue weighted by molar-refractivity contribution is -0.0194. The summed E-state index contributed by atoms with van der Waals surface area (Å²) >= 11 is 18.7. The highest BCUT2D eigenvalue weighted by molar-refractivity contribution is 6.42. The van der Waals surface area contributed by atoms with Crippen molar-refractivity contribution in [1.29, 1.82) is 0 Å². The van der Waals surface area contributed by atoms with Gasteiger partial charge in [0.25, 0.3) is 0 Å². The van der Waals surface area contributed by atoms with E-state index in [-0.39, 0.29) is 5.38 Å². The lowest BCUT2D eigenvalue weighted by atomic mass is 9.53. The molecule has 0 amide bonds. The fraction of sp³-hybridized carbons (Fsp3) is 0.667. The summed E-state index contributed by atoms with van der Waals surface area (Å²) in [7, 11) is 0. The van der Waals surface area contributed by atoms with Crippen molar-refractivity contribution < 1.29 is 0 Å². The predicted octanol–water partition coefficient (Wildman–Crippen LogP) is 5.83.